The number of alkyl halides is 3. The summed E-state index contributed by atoms with van der Waals surface area (Å²) in [5.74, 6) is 0.708. The highest BCUT2D eigenvalue weighted by atomic mass is 19.4. The van der Waals surface area contributed by atoms with Crippen LogP contribution < -0.4 is 4.90 Å². The minimum Gasteiger partial charge on any atom is -0.396 e. The molecule has 1 fully saturated rings. The van der Waals surface area contributed by atoms with Crippen molar-refractivity contribution in [1.29, 1.82) is 5.26 Å². The summed E-state index contributed by atoms with van der Waals surface area (Å²) in [6.07, 6.45) is -1.11. The molecule has 1 N–H and O–H groups in total. The second-order valence-electron chi connectivity index (χ2n) is 7.03. The molecule has 0 unspecified atom stereocenters. The molecule has 0 spiro atoms. The lowest BCUT2D eigenvalue weighted by molar-refractivity contribution is -0.137. The average Bonchev–Trinajstić information content (AvgIpc) is 2.68. The molecule has 2 heterocycles. The zero-order valence-corrected chi connectivity index (χ0v) is 14.7. The van der Waals surface area contributed by atoms with E-state index in [2.05, 4.69) is 11.1 Å². The summed E-state index contributed by atoms with van der Waals surface area (Å²) in [4.78, 5) is 6.34. The van der Waals surface area contributed by atoms with Crippen LogP contribution in [0.1, 0.15) is 29.5 Å². The van der Waals surface area contributed by atoms with Crippen molar-refractivity contribution in [3.05, 3.63) is 59.3 Å². The molecule has 7 heteroatoms. The van der Waals surface area contributed by atoms with Crippen LogP contribution in [0.5, 0.6) is 0 Å². The Labute approximate surface area is 155 Å². The number of hydrogen-bond acceptors (Lipinski definition) is 4. The van der Waals surface area contributed by atoms with Crippen LogP contribution >= 0.6 is 0 Å². The van der Waals surface area contributed by atoms with Crippen molar-refractivity contribution in [1.82, 2.24) is 4.98 Å². The van der Waals surface area contributed by atoms with Crippen LogP contribution in [0.15, 0.2) is 42.6 Å². The highest BCUT2D eigenvalue weighted by Gasteiger charge is 2.36. The zero-order chi connectivity index (χ0) is 19.5. The molecule has 1 saturated heterocycles. The second-order valence-corrected chi connectivity index (χ2v) is 7.03. The van der Waals surface area contributed by atoms with Crippen LogP contribution in [-0.2, 0) is 12.6 Å². The summed E-state index contributed by atoms with van der Waals surface area (Å²) >= 11 is 0. The number of nitriles is 1. The summed E-state index contributed by atoms with van der Waals surface area (Å²) in [5, 5.41) is 19.0. The first kappa shape index (κ1) is 19.2. The Bertz CT molecular complexity index is 837. The van der Waals surface area contributed by atoms with Crippen LogP contribution in [0.3, 0.4) is 0 Å². The molecule has 3 rings (SSSR count). The van der Waals surface area contributed by atoms with E-state index in [1.54, 1.807) is 24.4 Å². The Morgan fingerprint density at radius 2 is 1.93 bits per heavy atom. The zero-order valence-electron chi connectivity index (χ0n) is 14.7. The smallest absolute Gasteiger partial charge is 0.396 e. The van der Waals surface area contributed by atoms with Gasteiger partial charge in [-0.3, -0.25) is 0 Å². The number of pyridine rings is 1. The molecular weight excluding hydrogens is 355 g/mol. The first-order valence-electron chi connectivity index (χ1n) is 8.73. The second kappa shape index (κ2) is 7.57. The standard InChI is InChI=1S/C20H20F3N3O/c21-20(22,23)17-3-1-2-15(10-17)12-19(14-27)5-8-26(9-6-19)18-11-16(13-24)4-7-25-18/h1-4,7,10-11,27H,5-6,8-9,12,14H2. The fourth-order valence-corrected chi connectivity index (χ4v) is 3.55. The molecule has 27 heavy (non-hydrogen) atoms. The SMILES string of the molecule is N#Cc1ccnc(N2CCC(CO)(Cc3cccc(C(F)(F)F)c3)CC2)c1. The van der Waals surface area contributed by atoms with Gasteiger partial charge in [0.25, 0.3) is 0 Å². The van der Waals surface area contributed by atoms with Crippen molar-refractivity contribution in [3.8, 4) is 6.07 Å². The lowest BCUT2D eigenvalue weighted by Gasteiger charge is -2.41. The highest BCUT2D eigenvalue weighted by molar-refractivity contribution is 5.45. The quantitative estimate of drug-likeness (QED) is 0.883. The monoisotopic (exact) mass is 375 g/mol. The third-order valence-corrected chi connectivity index (χ3v) is 5.19. The van der Waals surface area contributed by atoms with E-state index in [-0.39, 0.29) is 6.61 Å². The number of halogens is 3. The fraction of sp³-hybridized carbons (Fsp3) is 0.400. The third-order valence-electron chi connectivity index (χ3n) is 5.19. The van der Waals surface area contributed by atoms with Gasteiger partial charge in [-0.05, 0) is 43.0 Å². The van der Waals surface area contributed by atoms with Gasteiger partial charge < -0.3 is 10.0 Å². The molecule has 0 amide bonds. The topological polar surface area (TPSA) is 60.2 Å². The molecule has 0 atom stereocenters. The van der Waals surface area contributed by atoms with E-state index in [1.807, 2.05) is 4.90 Å². The third kappa shape index (κ3) is 4.40. The Kier molecular flexibility index (Phi) is 5.38. The summed E-state index contributed by atoms with van der Waals surface area (Å²) in [7, 11) is 0. The first-order valence-corrected chi connectivity index (χ1v) is 8.73. The minimum atomic E-state index is -4.37. The molecule has 142 valence electrons. The van der Waals surface area contributed by atoms with Gasteiger partial charge in [0.2, 0.25) is 0 Å². The van der Waals surface area contributed by atoms with Gasteiger partial charge in [-0.1, -0.05) is 18.2 Å². The molecule has 2 aromatic rings. The van der Waals surface area contributed by atoms with Crippen molar-refractivity contribution in [2.75, 3.05) is 24.6 Å². The van der Waals surface area contributed by atoms with Crippen LogP contribution in [0.2, 0.25) is 0 Å². The van der Waals surface area contributed by atoms with E-state index in [0.717, 1.165) is 6.07 Å². The molecule has 0 aliphatic carbocycles. The molecule has 0 saturated carbocycles. The summed E-state index contributed by atoms with van der Waals surface area (Å²) in [6, 6.07) is 10.8. The lowest BCUT2D eigenvalue weighted by Crippen LogP contribution is -2.43. The van der Waals surface area contributed by atoms with Gasteiger partial charge in [-0.25, -0.2) is 4.98 Å². The van der Waals surface area contributed by atoms with Crippen molar-refractivity contribution in [2.45, 2.75) is 25.4 Å². The highest BCUT2D eigenvalue weighted by Crippen LogP contribution is 2.37. The van der Waals surface area contributed by atoms with Crippen molar-refractivity contribution < 1.29 is 18.3 Å². The van der Waals surface area contributed by atoms with Crippen LogP contribution in [0.4, 0.5) is 19.0 Å². The number of aliphatic hydroxyl groups is 1. The number of aliphatic hydroxyl groups excluding tert-OH is 1. The van der Waals surface area contributed by atoms with E-state index in [9.17, 15) is 18.3 Å². The predicted octanol–water partition coefficient (Wildman–Crippen LogP) is 3.79. The van der Waals surface area contributed by atoms with Crippen LogP contribution in [0, 0.1) is 16.7 Å². The Balaban J connectivity index is 1.72. The molecular formula is C20H20F3N3O. The maximum atomic E-state index is 12.9. The molecule has 4 nitrogen and oxygen atoms in total. The Morgan fingerprint density at radius 1 is 1.19 bits per heavy atom. The van der Waals surface area contributed by atoms with Crippen molar-refractivity contribution in [3.63, 3.8) is 0 Å². The van der Waals surface area contributed by atoms with E-state index in [1.165, 1.54) is 12.1 Å². The number of benzene rings is 1. The molecule has 1 aromatic carbocycles. The maximum Gasteiger partial charge on any atom is 0.416 e. The van der Waals surface area contributed by atoms with Gasteiger partial charge in [-0.2, -0.15) is 18.4 Å². The number of aromatic nitrogens is 1. The van der Waals surface area contributed by atoms with E-state index in [4.69, 9.17) is 5.26 Å². The van der Waals surface area contributed by atoms with Gasteiger partial charge in [-0.15, -0.1) is 0 Å². The molecule has 0 radical (unpaired) electrons. The van der Waals surface area contributed by atoms with E-state index < -0.39 is 17.2 Å². The van der Waals surface area contributed by atoms with Gasteiger partial charge in [0.1, 0.15) is 5.82 Å². The Morgan fingerprint density at radius 3 is 2.56 bits per heavy atom. The number of anilines is 1. The molecule has 0 bridgehead atoms. The van der Waals surface area contributed by atoms with Crippen molar-refractivity contribution >= 4 is 5.82 Å². The molecule has 1 aliphatic rings. The first-order chi connectivity index (χ1) is 12.8. The average molecular weight is 375 g/mol. The Hall–Kier alpha value is -2.59. The number of hydrogen-bond donors (Lipinski definition) is 1. The summed E-state index contributed by atoms with van der Waals surface area (Å²) < 4.78 is 38.8. The predicted molar refractivity (Wildman–Crippen MR) is 95.1 cm³/mol. The maximum absolute atomic E-state index is 12.9. The minimum absolute atomic E-state index is 0.0806. The number of nitrogens with zero attached hydrogens (tertiary/aromatic N) is 3. The number of piperidine rings is 1. The normalized spacial score (nSPS) is 16.8. The molecule has 1 aliphatic heterocycles. The number of rotatable bonds is 4. The van der Waals surface area contributed by atoms with Gasteiger partial charge >= 0.3 is 6.18 Å². The van der Waals surface area contributed by atoms with Crippen molar-refractivity contribution in [2.24, 2.45) is 5.41 Å². The van der Waals surface area contributed by atoms with Crippen LogP contribution in [0.25, 0.3) is 0 Å². The summed E-state index contributed by atoms with van der Waals surface area (Å²) in [5.41, 5.74) is -0.00367. The van der Waals surface area contributed by atoms with E-state index >= 15 is 0 Å². The van der Waals surface area contributed by atoms with Gasteiger partial charge in [0.05, 0.1) is 17.2 Å². The lowest BCUT2D eigenvalue weighted by atomic mass is 9.74. The van der Waals surface area contributed by atoms with Crippen LogP contribution in [-0.4, -0.2) is 29.8 Å². The fourth-order valence-electron chi connectivity index (χ4n) is 3.55. The molecule has 1 aromatic heterocycles. The largest absolute Gasteiger partial charge is 0.416 e. The van der Waals surface area contributed by atoms with Gasteiger partial charge in [0, 0.05) is 31.3 Å². The van der Waals surface area contributed by atoms with Gasteiger partial charge in [0.15, 0.2) is 0 Å². The summed E-state index contributed by atoms with van der Waals surface area (Å²) in [6.45, 7) is 1.17. The van der Waals surface area contributed by atoms with E-state index in [0.29, 0.717) is 49.3 Å².